The van der Waals surface area contributed by atoms with Crippen LogP contribution in [0.1, 0.15) is 17.3 Å². The van der Waals surface area contributed by atoms with Crippen molar-refractivity contribution in [3.05, 3.63) is 29.8 Å². The molecule has 0 aromatic heterocycles. The number of rotatable bonds is 6. The lowest BCUT2D eigenvalue weighted by atomic mass is 10.2. The fraction of sp³-hybridized carbons (Fsp3) is 0.462. The first-order valence-corrected chi connectivity index (χ1v) is 7.92. The zero-order valence-electron chi connectivity index (χ0n) is 12.4. The van der Waals surface area contributed by atoms with Crippen LogP contribution in [0.15, 0.2) is 29.2 Å². The minimum absolute atomic E-state index is 0.115. The first kappa shape index (κ1) is 19.4. The second-order valence-electron chi connectivity index (χ2n) is 4.59. The predicted octanol–water partition coefficient (Wildman–Crippen LogP) is 1.41. The van der Waals surface area contributed by atoms with Crippen molar-refractivity contribution in [1.29, 1.82) is 0 Å². The molecule has 1 aromatic rings. The third kappa shape index (κ3) is 4.91. The lowest BCUT2D eigenvalue weighted by Gasteiger charge is -2.22. The number of hydrogen-bond donors (Lipinski definition) is 1. The van der Waals surface area contributed by atoms with E-state index in [1.54, 1.807) is 6.92 Å². The Bertz CT molecular complexity index is 643. The Hall–Kier alpha value is -1.65. The van der Waals surface area contributed by atoms with Crippen molar-refractivity contribution in [2.24, 2.45) is 0 Å². The third-order valence-corrected chi connectivity index (χ3v) is 4.72. The van der Waals surface area contributed by atoms with Gasteiger partial charge in [-0.15, -0.1) is 0 Å². The summed E-state index contributed by atoms with van der Waals surface area (Å²) in [5, 5.41) is 8.95. The molecule has 0 aliphatic rings. The second-order valence-corrected chi connectivity index (χ2v) is 6.63. The number of likely N-dealkylation sites (N-methyl/N-ethyl adjacent to an activating group) is 1. The lowest BCUT2D eigenvalue weighted by molar-refractivity contribution is -0.204. The van der Waals surface area contributed by atoms with Crippen molar-refractivity contribution in [2.45, 2.75) is 24.1 Å². The average molecular weight is 355 g/mol. The van der Waals surface area contributed by atoms with Gasteiger partial charge in [0.1, 0.15) is 0 Å². The van der Waals surface area contributed by atoms with Crippen molar-refractivity contribution >= 4 is 16.0 Å². The van der Waals surface area contributed by atoms with Gasteiger partial charge in [0.05, 0.1) is 17.1 Å². The van der Waals surface area contributed by atoms with Crippen LogP contribution in [0.3, 0.4) is 0 Å². The van der Waals surface area contributed by atoms with Crippen molar-refractivity contribution in [2.75, 3.05) is 20.2 Å². The van der Waals surface area contributed by atoms with Gasteiger partial charge in [-0.25, -0.2) is 13.2 Å². The highest BCUT2D eigenvalue weighted by molar-refractivity contribution is 7.89. The molecule has 0 spiro atoms. The summed E-state index contributed by atoms with van der Waals surface area (Å²) in [6, 6.07) is 4.55. The van der Waals surface area contributed by atoms with Gasteiger partial charge in [-0.1, -0.05) is 0 Å². The van der Waals surface area contributed by atoms with E-state index < -0.39 is 34.8 Å². The molecule has 0 fully saturated rings. The van der Waals surface area contributed by atoms with Gasteiger partial charge < -0.3 is 9.84 Å². The molecule has 130 valence electrons. The summed E-state index contributed by atoms with van der Waals surface area (Å²) in [4.78, 5) is 11.2. The van der Waals surface area contributed by atoms with Crippen LogP contribution in [0.2, 0.25) is 0 Å². The molecule has 0 unspecified atom stereocenters. The smallest absolute Gasteiger partial charge is 0.415 e. The Kier molecular flexibility index (Phi) is 6.14. The maximum atomic E-state index is 12.3. The van der Waals surface area contributed by atoms with Crippen LogP contribution in [0.25, 0.3) is 0 Å². The van der Waals surface area contributed by atoms with E-state index in [9.17, 15) is 26.4 Å². The van der Waals surface area contributed by atoms with E-state index in [-0.39, 0.29) is 17.1 Å². The summed E-state index contributed by atoms with van der Waals surface area (Å²) in [7, 11) is -3.31. The molecule has 1 atom stereocenters. The Balaban J connectivity index is 2.94. The highest BCUT2D eigenvalue weighted by Crippen LogP contribution is 2.23. The van der Waals surface area contributed by atoms with Gasteiger partial charge >= 0.3 is 12.1 Å². The Morgan fingerprint density at radius 1 is 1.30 bits per heavy atom. The molecule has 1 rings (SSSR count). The van der Waals surface area contributed by atoms with Crippen LogP contribution in [0.4, 0.5) is 13.2 Å². The van der Waals surface area contributed by atoms with Crippen molar-refractivity contribution < 1.29 is 36.2 Å². The first-order chi connectivity index (χ1) is 10.5. The van der Waals surface area contributed by atoms with Crippen molar-refractivity contribution in [1.82, 2.24) is 4.31 Å². The van der Waals surface area contributed by atoms with E-state index in [4.69, 9.17) is 9.84 Å². The van der Waals surface area contributed by atoms with Crippen molar-refractivity contribution in [3.8, 4) is 0 Å². The number of carbonyl (C=O) groups excluding carboxylic acids is 1. The number of esters is 1. The molecule has 23 heavy (non-hydrogen) atoms. The molecule has 0 bridgehead atoms. The molecule has 10 heteroatoms. The summed E-state index contributed by atoms with van der Waals surface area (Å²) in [5.41, 5.74) is 0.115. The average Bonchev–Trinajstić information content (AvgIpc) is 2.46. The molecule has 6 nitrogen and oxygen atoms in total. The van der Waals surface area contributed by atoms with Crippen LogP contribution in [-0.2, 0) is 14.8 Å². The zero-order valence-corrected chi connectivity index (χ0v) is 13.2. The summed E-state index contributed by atoms with van der Waals surface area (Å²) in [6.07, 6.45) is -7.71. The van der Waals surface area contributed by atoms with Crippen LogP contribution < -0.4 is 0 Å². The van der Waals surface area contributed by atoms with Gasteiger partial charge in [0, 0.05) is 13.6 Å². The maximum absolute atomic E-state index is 12.3. The summed E-state index contributed by atoms with van der Waals surface area (Å²) >= 11 is 0. The van der Waals surface area contributed by atoms with E-state index in [1.807, 2.05) is 0 Å². The molecule has 1 aromatic carbocycles. The molecular weight excluding hydrogens is 339 g/mol. The molecule has 0 saturated heterocycles. The van der Waals surface area contributed by atoms with E-state index in [2.05, 4.69) is 0 Å². The molecule has 0 saturated carbocycles. The number of halogens is 3. The van der Waals surface area contributed by atoms with E-state index in [0.29, 0.717) is 4.31 Å². The zero-order chi connectivity index (χ0) is 17.8. The highest BCUT2D eigenvalue weighted by atomic mass is 32.2. The predicted molar refractivity (Wildman–Crippen MR) is 74.3 cm³/mol. The number of ether oxygens (including phenoxy) is 1. The molecular formula is C13H16F3NO5S. The number of hydrogen-bond acceptors (Lipinski definition) is 5. The first-order valence-electron chi connectivity index (χ1n) is 6.48. The minimum Gasteiger partial charge on any atom is -0.462 e. The number of benzene rings is 1. The number of carbonyl (C=O) groups is 1. The van der Waals surface area contributed by atoms with Gasteiger partial charge in [-0.3, -0.25) is 0 Å². The number of aliphatic hydroxyl groups excluding tert-OH is 1. The summed E-state index contributed by atoms with van der Waals surface area (Å²) in [6.45, 7) is 0.625. The van der Waals surface area contributed by atoms with Crippen LogP contribution in [-0.4, -0.2) is 56.3 Å². The normalized spacial score (nSPS) is 13.9. The molecule has 0 aliphatic heterocycles. The van der Waals surface area contributed by atoms with Gasteiger partial charge in [-0.05, 0) is 31.2 Å². The van der Waals surface area contributed by atoms with Gasteiger partial charge in [0.15, 0.2) is 6.10 Å². The molecule has 0 heterocycles. The van der Waals surface area contributed by atoms with Crippen molar-refractivity contribution in [3.63, 3.8) is 0 Å². The number of nitrogens with zero attached hydrogens (tertiary/aromatic N) is 1. The van der Waals surface area contributed by atoms with Gasteiger partial charge in [-0.2, -0.15) is 17.5 Å². The third-order valence-electron chi connectivity index (χ3n) is 2.88. The van der Waals surface area contributed by atoms with Crippen LogP contribution in [0.5, 0.6) is 0 Å². The highest BCUT2D eigenvalue weighted by Gasteiger charge is 2.40. The van der Waals surface area contributed by atoms with E-state index in [0.717, 1.165) is 19.2 Å². The van der Waals surface area contributed by atoms with Crippen LogP contribution >= 0.6 is 0 Å². The Labute approximate surface area is 131 Å². The summed E-state index contributed by atoms with van der Waals surface area (Å²) < 4.78 is 66.3. The van der Waals surface area contributed by atoms with Gasteiger partial charge in [0.25, 0.3) is 0 Å². The fourth-order valence-electron chi connectivity index (χ4n) is 1.60. The molecule has 0 radical (unpaired) electrons. The number of alkyl halides is 3. The Morgan fingerprint density at radius 2 is 1.83 bits per heavy atom. The fourth-order valence-corrected chi connectivity index (χ4v) is 2.78. The molecule has 0 amide bonds. The topological polar surface area (TPSA) is 83.9 Å². The number of aliphatic hydroxyl groups is 1. The van der Waals surface area contributed by atoms with E-state index in [1.165, 1.54) is 12.1 Å². The Morgan fingerprint density at radius 3 is 2.26 bits per heavy atom. The van der Waals surface area contributed by atoms with Crippen LogP contribution in [0, 0.1) is 0 Å². The SMILES string of the molecule is CCOC(=O)c1ccc(S(=O)(=O)N(C)C[C@@H](O)C(F)(F)F)cc1. The van der Waals surface area contributed by atoms with Gasteiger partial charge in [0.2, 0.25) is 10.0 Å². The maximum Gasteiger partial charge on any atom is 0.415 e. The second kappa shape index (κ2) is 7.28. The summed E-state index contributed by atoms with van der Waals surface area (Å²) in [5.74, 6) is -0.641. The van der Waals surface area contributed by atoms with E-state index >= 15 is 0 Å². The minimum atomic E-state index is -4.92. The standard InChI is InChI=1S/C13H16F3NO5S/c1-3-22-12(19)9-4-6-10(7-5-9)23(20,21)17(2)8-11(18)13(14,15)16/h4-7,11,18H,3,8H2,1-2H3/t11-/m1/s1. The number of sulfonamides is 1. The largest absolute Gasteiger partial charge is 0.462 e. The molecule has 1 N–H and O–H groups in total. The quantitative estimate of drug-likeness (QED) is 0.780. The molecule has 0 aliphatic carbocycles. The lowest BCUT2D eigenvalue weighted by Crippen LogP contribution is -2.41. The monoisotopic (exact) mass is 355 g/mol.